The van der Waals surface area contributed by atoms with Gasteiger partial charge in [-0.25, -0.2) is 4.79 Å². The van der Waals surface area contributed by atoms with Crippen LogP contribution >= 0.6 is 11.8 Å². The molecular weight excluding hydrogens is 367 g/mol. The molecule has 1 heterocycles. The molecule has 1 aromatic carbocycles. The van der Waals surface area contributed by atoms with Crippen LogP contribution in [0.25, 0.3) is 6.08 Å². The minimum absolute atomic E-state index is 0.0403. The highest BCUT2D eigenvalue weighted by molar-refractivity contribution is 8.13. The van der Waals surface area contributed by atoms with Crippen molar-refractivity contribution < 1.29 is 28.7 Å². The standard InChI is InChI=1S/C19H25BO6S/c1-12(21)27-11-14(20-25-18(2,3)19(4,5)26-20)10-13-8-7-9-15(24-6)16(13)17(22)23/h7-10H,11H2,1-6H3,(H,22,23). The molecule has 0 unspecified atom stereocenters. The molecule has 1 aliphatic heterocycles. The van der Waals surface area contributed by atoms with Crippen LogP contribution in [0.4, 0.5) is 0 Å². The molecule has 0 aromatic heterocycles. The third-order valence-corrected chi connectivity index (χ3v) is 5.72. The monoisotopic (exact) mass is 392 g/mol. The normalized spacial score (nSPS) is 18.4. The number of hydrogen-bond acceptors (Lipinski definition) is 6. The summed E-state index contributed by atoms with van der Waals surface area (Å²) >= 11 is 1.12. The Hall–Kier alpha value is -1.77. The van der Waals surface area contributed by atoms with Gasteiger partial charge in [-0.3, -0.25) is 4.79 Å². The topological polar surface area (TPSA) is 82.1 Å². The van der Waals surface area contributed by atoms with E-state index >= 15 is 0 Å². The summed E-state index contributed by atoms with van der Waals surface area (Å²) in [6.45, 7) is 9.25. The number of aromatic carboxylic acids is 1. The maximum absolute atomic E-state index is 11.7. The van der Waals surface area contributed by atoms with E-state index in [0.717, 1.165) is 11.8 Å². The maximum Gasteiger partial charge on any atom is 0.491 e. The largest absolute Gasteiger partial charge is 0.496 e. The first kappa shape index (κ1) is 21.5. The first-order valence-electron chi connectivity index (χ1n) is 8.58. The van der Waals surface area contributed by atoms with Gasteiger partial charge in [-0.1, -0.05) is 30.0 Å². The van der Waals surface area contributed by atoms with Crippen LogP contribution in [0.5, 0.6) is 5.75 Å². The molecule has 1 saturated heterocycles. The van der Waals surface area contributed by atoms with E-state index in [4.69, 9.17) is 14.0 Å². The molecule has 0 bridgehead atoms. The number of carbonyl (C=O) groups excluding carboxylic acids is 1. The summed E-state index contributed by atoms with van der Waals surface area (Å²) in [5.74, 6) is -0.488. The lowest BCUT2D eigenvalue weighted by molar-refractivity contribution is -0.109. The summed E-state index contributed by atoms with van der Waals surface area (Å²) in [5.41, 5.74) is 0.130. The third kappa shape index (κ3) is 4.75. The van der Waals surface area contributed by atoms with Gasteiger partial charge in [0, 0.05) is 12.7 Å². The van der Waals surface area contributed by atoms with Crippen LogP contribution in [0, 0.1) is 0 Å². The molecule has 8 heteroatoms. The number of ether oxygens (including phenoxy) is 1. The highest BCUT2D eigenvalue weighted by atomic mass is 32.2. The number of methoxy groups -OCH3 is 1. The van der Waals surface area contributed by atoms with Crippen molar-refractivity contribution in [1.29, 1.82) is 0 Å². The van der Waals surface area contributed by atoms with E-state index < -0.39 is 24.3 Å². The first-order valence-corrected chi connectivity index (χ1v) is 9.57. The van der Waals surface area contributed by atoms with Crippen LogP contribution in [-0.2, 0) is 14.1 Å². The van der Waals surface area contributed by atoms with Crippen molar-refractivity contribution in [3.8, 4) is 5.75 Å². The Balaban J connectivity index is 2.50. The maximum atomic E-state index is 11.7. The van der Waals surface area contributed by atoms with Crippen molar-refractivity contribution in [3.05, 3.63) is 34.8 Å². The van der Waals surface area contributed by atoms with Gasteiger partial charge in [0.05, 0.1) is 18.3 Å². The Bertz CT molecular complexity index is 755. The zero-order valence-electron chi connectivity index (χ0n) is 16.5. The molecule has 0 amide bonds. The van der Waals surface area contributed by atoms with Gasteiger partial charge in [-0.15, -0.1) is 0 Å². The molecule has 0 saturated carbocycles. The summed E-state index contributed by atoms with van der Waals surface area (Å²) < 4.78 is 17.4. The highest BCUT2D eigenvalue weighted by Gasteiger charge is 2.52. The van der Waals surface area contributed by atoms with Crippen LogP contribution < -0.4 is 4.74 Å². The molecule has 1 fully saturated rings. The second kappa shape index (κ2) is 8.08. The fourth-order valence-corrected chi connectivity index (χ4v) is 3.21. The Morgan fingerprint density at radius 2 is 1.81 bits per heavy atom. The fourth-order valence-electron chi connectivity index (χ4n) is 2.62. The Labute approximate surface area is 164 Å². The van der Waals surface area contributed by atoms with E-state index in [9.17, 15) is 14.7 Å². The lowest BCUT2D eigenvalue weighted by Gasteiger charge is -2.32. The Morgan fingerprint density at radius 3 is 2.30 bits per heavy atom. The summed E-state index contributed by atoms with van der Waals surface area (Å²) in [5, 5.41) is 9.57. The van der Waals surface area contributed by atoms with Gasteiger partial charge in [0.25, 0.3) is 0 Å². The van der Waals surface area contributed by atoms with E-state index in [-0.39, 0.29) is 16.4 Å². The van der Waals surface area contributed by atoms with Gasteiger partial charge >= 0.3 is 13.1 Å². The average molecular weight is 392 g/mol. The zero-order chi connectivity index (χ0) is 20.4. The number of rotatable bonds is 6. The molecule has 27 heavy (non-hydrogen) atoms. The van der Waals surface area contributed by atoms with Crippen LogP contribution in [0.3, 0.4) is 0 Å². The zero-order valence-corrected chi connectivity index (χ0v) is 17.3. The number of thioether (sulfide) groups is 1. The molecule has 0 atom stereocenters. The summed E-state index contributed by atoms with van der Waals surface area (Å²) in [6, 6.07) is 5.01. The van der Waals surface area contributed by atoms with Crippen molar-refractivity contribution in [3.63, 3.8) is 0 Å². The number of carboxylic acid groups (broad SMARTS) is 1. The molecule has 1 aliphatic rings. The van der Waals surface area contributed by atoms with Gasteiger partial charge in [-0.2, -0.15) is 0 Å². The molecule has 0 aliphatic carbocycles. The highest BCUT2D eigenvalue weighted by Crippen LogP contribution is 2.39. The van der Waals surface area contributed by atoms with Crippen LogP contribution in [0.1, 0.15) is 50.5 Å². The molecule has 0 spiro atoms. The number of carbonyl (C=O) groups is 2. The van der Waals surface area contributed by atoms with E-state index in [1.54, 1.807) is 24.3 Å². The lowest BCUT2D eigenvalue weighted by Crippen LogP contribution is -2.41. The molecule has 146 valence electrons. The molecule has 2 rings (SSSR count). The van der Waals surface area contributed by atoms with Crippen molar-refractivity contribution >= 4 is 36.0 Å². The summed E-state index contributed by atoms with van der Waals surface area (Å²) in [7, 11) is 0.755. The second-order valence-electron chi connectivity index (χ2n) is 7.32. The Morgan fingerprint density at radius 1 is 1.22 bits per heavy atom. The molecular formula is C19H25BO6S. The van der Waals surface area contributed by atoms with Gasteiger partial charge in [0.15, 0.2) is 5.12 Å². The van der Waals surface area contributed by atoms with E-state index in [1.165, 1.54) is 14.0 Å². The molecule has 1 aromatic rings. The predicted molar refractivity (Wildman–Crippen MR) is 107 cm³/mol. The summed E-state index contributed by atoms with van der Waals surface area (Å²) in [6.07, 6.45) is 1.71. The second-order valence-corrected chi connectivity index (χ2v) is 8.47. The van der Waals surface area contributed by atoms with Gasteiger partial charge in [0.1, 0.15) is 11.3 Å². The predicted octanol–water partition coefficient (Wildman–Crippen LogP) is 3.69. The van der Waals surface area contributed by atoms with Crippen molar-refractivity contribution in [1.82, 2.24) is 0 Å². The van der Waals surface area contributed by atoms with Crippen molar-refractivity contribution in [2.45, 2.75) is 45.8 Å². The fraction of sp³-hybridized carbons (Fsp3) is 0.474. The number of hydrogen-bond donors (Lipinski definition) is 1. The summed E-state index contributed by atoms with van der Waals surface area (Å²) in [4.78, 5) is 23.2. The van der Waals surface area contributed by atoms with Gasteiger partial charge in [-0.05, 0) is 44.8 Å². The van der Waals surface area contributed by atoms with E-state index in [2.05, 4.69) is 0 Å². The van der Waals surface area contributed by atoms with Crippen molar-refractivity contribution in [2.24, 2.45) is 0 Å². The minimum Gasteiger partial charge on any atom is -0.496 e. The van der Waals surface area contributed by atoms with Crippen LogP contribution in [0.2, 0.25) is 0 Å². The Kier molecular flexibility index (Phi) is 6.45. The number of benzene rings is 1. The smallest absolute Gasteiger partial charge is 0.491 e. The molecule has 1 N–H and O–H groups in total. The molecule has 6 nitrogen and oxygen atoms in total. The average Bonchev–Trinajstić information content (AvgIpc) is 2.78. The van der Waals surface area contributed by atoms with Gasteiger partial charge in [0.2, 0.25) is 0 Å². The van der Waals surface area contributed by atoms with E-state index in [0.29, 0.717) is 16.8 Å². The number of carboxylic acids is 1. The SMILES string of the molecule is COc1cccc(C=C(CSC(C)=O)B2OC(C)(C)C(C)(C)O2)c1C(=O)O. The minimum atomic E-state index is -1.09. The lowest BCUT2D eigenvalue weighted by atomic mass is 9.78. The third-order valence-electron chi connectivity index (χ3n) is 4.83. The first-order chi connectivity index (χ1) is 12.5. The van der Waals surface area contributed by atoms with Crippen molar-refractivity contribution in [2.75, 3.05) is 12.9 Å². The van der Waals surface area contributed by atoms with E-state index in [1.807, 2.05) is 27.7 Å². The molecule has 0 radical (unpaired) electrons. The van der Waals surface area contributed by atoms with Crippen LogP contribution in [-0.4, -0.2) is 47.4 Å². The van der Waals surface area contributed by atoms with Crippen LogP contribution in [0.15, 0.2) is 23.7 Å². The van der Waals surface area contributed by atoms with Gasteiger partial charge < -0.3 is 19.2 Å². The quantitative estimate of drug-likeness (QED) is 0.740.